The van der Waals surface area contributed by atoms with Gasteiger partial charge in [-0.05, 0) is 24.1 Å². The Balaban J connectivity index is 2.68. The molecule has 0 aliphatic heterocycles. The summed E-state index contributed by atoms with van der Waals surface area (Å²) in [6, 6.07) is 5.74. The van der Waals surface area contributed by atoms with Gasteiger partial charge >= 0.3 is 6.09 Å². The zero-order valence-electron chi connectivity index (χ0n) is 7.17. The Morgan fingerprint density at radius 2 is 2.31 bits per heavy atom. The molecule has 4 heteroatoms. The van der Waals surface area contributed by atoms with E-state index in [9.17, 15) is 4.79 Å². The number of rotatable bonds is 2. The highest BCUT2D eigenvalue weighted by Gasteiger charge is 1.98. The van der Waals surface area contributed by atoms with Crippen molar-refractivity contribution < 1.29 is 9.90 Å². The molecule has 0 radical (unpaired) electrons. The number of hydrogen-bond donors (Lipinski definition) is 2. The third kappa shape index (κ3) is 3.06. The third-order valence-corrected chi connectivity index (χ3v) is 2.56. The van der Waals surface area contributed by atoms with Crippen LogP contribution in [0.5, 0.6) is 0 Å². The van der Waals surface area contributed by atoms with Crippen molar-refractivity contribution in [2.24, 2.45) is 0 Å². The van der Waals surface area contributed by atoms with Crippen LogP contribution < -0.4 is 5.32 Å². The summed E-state index contributed by atoms with van der Waals surface area (Å²) in [5.41, 5.74) is 2.06. The van der Waals surface area contributed by atoms with Gasteiger partial charge in [0.2, 0.25) is 0 Å². The summed E-state index contributed by atoms with van der Waals surface area (Å²) in [6.07, 6.45) is -0.999. The summed E-state index contributed by atoms with van der Waals surface area (Å²) in [7, 11) is 0. The van der Waals surface area contributed by atoms with Crippen molar-refractivity contribution in [1.82, 2.24) is 5.32 Å². The maximum absolute atomic E-state index is 10.2. The molecule has 1 rings (SSSR count). The molecule has 0 fully saturated rings. The maximum atomic E-state index is 10.2. The molecule has 2 N–H and O–H groups in total. The maximum Gasteiger partial charge on any atom is 0.404 e. The minimum atomic E-state index is -0.999. The van der Waals surface area contributed by atoms with Crippen LogP contribution in [0.2, 0.25) is 0 Å². The molecule has 0 spiro atoms. The lowest BCUT2D eigenvalue weighted by atomic mass is 10.1. The molecular formula is C9H10BrNO2. The van der Waals surface area contributed by atoms with E-state index in [1.807, 2.05) is 25.1 Å². The van der Waals surface area contributed by atoms with Crippen LogP contribution in [0.4, 0.5) is 4.79 Å². The predicted octanol–water partition coefficient (Wildman–Crippen LogP) is 2.53. The van der Waals surface area contributed by atoms with Gasteiger partial charge in [0.15, 0.2) is 0 Å². The van der Waals surface area contributed by atoms with Gasteiger partial charge in [0.25, 0.3) is 0 Å². The summed E-state index contributed by atoms with van der Waals surface area (Å²) >= 11 is 3.37. The van der Waals surface area contributed by atoms with E-state index < -0.39 is 6.09 Å². The van der Waals surface area contributed by atoms with Crippen molar-refractivity contribution in [2.45, 2.75) is 13.5 Å². The molecule has 0 aliphatic carbocycles. The number of aryl methyl sites for hydroxylation is 1. The molecule has 0 atom stereocenters. The molecule has 0 aliphatic rings. The smallest absolute Gasteiger partial charge is 0.404 e. The Kier molecular flexibility index (Phi) is 3.31. The molecule has 0 saturated carbocycles. The summed E-state index contributed by atoms with van der Waals surface area (Å²) < 4.78 is 1.03. The van der Waals surface area contributed by atoms with Gasteiger partial charge in [0, 0.05) is 11.0 Å². The van der Waals surface area contributed by atoms with Gasteiger partial charge in [-0.1, -0.05) is 28.1 Å². The third-order valence-electron chi connectivity index (χ3n) is 1.67. The Hall–Kier alpha value is -1.03. The quantitative estimate of drug-likeness (QED) is 0.839. The van der Waals surface area contributed by atoms with Crippen molar-refractivity contribution in [3.05, 3.63) is 33.8 Å². The Labute approximate surface area is 84.9 Å². The fraction of sp³-hybridized carbons (Fsp3) is 0.222. The summed E-state index contributed by atoms with van der Waals surface area (Å²) in [5.74, 6) is 0. The fourth-order valence-electron chi connectivity index (χ4n) is 0.994. The predicted molar refractivity (Wildman–Crippen MR) is 53.7 cm³/mol. The van der Waals surface area contributed by atoms with Crippen molar-refractivity contribution in [3.8, 4) is 0 Å². The summed E-state index contributed by atoms with van der Waals surface area (Å²) in [5, 5.41) is 10.7. The van der Waals surface area contributed by atoms with Crippen LogP contribution in [0.25, 0.3) is 0 Å². The van der Waals surface area contributed by atoms with E-state index in [4.69, 9.17) is 5.11 Å². The van der Waals surface area contributed by atoms with Gasteiger partial charge in [-0.2, -0.15) is 0 Å². The highest BCUT2D eigenvalue weighted by Crippen LogP contribution is 2.16. The molecule has 1 amide bonds. The van der Waals surface area contributed by atoms with Crippen molar-refractivity contribution in [2.75, 3.05) is 0 Å². The number of halogens is 1. The Bertz CT molecular complexity index is 325. The lowest BCUT2D eigenvalue weighted by Gasteiger charge is -2.03. The van der Waals surface area contributed by atoms with Crippen molar-refractivity contribution in [1.29, 1.82) is 0 Å². The number of carboxylic acid groups (broad SMARTS) is 1. The zero-order valence-corrected chi connectivity index (χ0v) is 8.76. The minimum absolute atomic E-state index is 0.351. The molecule has 3 nitrogen and oxygen atoms in total. The highest BCUT2D eigenvalue weighted by molar-refractivity contribution is 9.10. The number of carbonyl (C=O) groups is 1. The van der Waals surface area contributed by atoms with Gasteiger partial charge < -0.3 is 10.4 Å². The Morgan fingerprint density at radius 1 is 1.62 bits per heavy atom. The topological polar surface area (TPSA) is 49.3 Å². The minimum Gasteiger partial charge on any atom is -0.465 e. The van der Waals surface area contributed by atoms with Gasteiger partial charge in [-0.15, -0.1) is 0 Å². The van der Waals surface area contributed by atoms with Crippen LogP contribution in [0.1, 0.15) is 11.1 Å². The SMILES string of the molecule is Cc1cc(CNC(=O)O)ccc1Br. The lowest BCUT2D eigenvalue weighted by molar-refractivity contribution is 0.194. The van der Waals surface area contributed by atoms with Gasteiger partial charge in [0.05, 0.1) is 0 Å². The fourth-order valence-corrected chi connectivity index (χ4v) is 1.24. The average molecular weight is 244 g/mol. The lowest BCUT2D eigenvalue weighted by Crippen LogP contribution is -2.19. The van der Waals surface area contributed by atoms with E-state index in [1.165, 1.54) is 0 Å². The van der Waals surface area contributed by atoms with E-state index in [2.05, 4.69) is 21.2 Å². The van der Waals surface area contributed by atoms with E-state index in [-0.39, 0.29) is 0 Å². The first-order chi connectivity index (χ1) is 6.09. The van der Waals surface area contributed by atoms with Crippen molar-refractivity contribution in [3.63, 3.8) is 0 Å². The average Bonchev–Trinajstić information content (AvgIpc) is 2.07. The molecule has 13 heavy (non-hydrogen) atoms. The first-order valence-electron chi connectivity index (χ1n) is 3.81. The summed E-state index contributed by atoms with van der Waals surface area (Å²) in [6.45, 7) is 2.32. The molecule has 0 unspecified atom stereocenters. The summed E-state index contributed by atoms with van der Waals surface area (Å²) in [4.78, 5) is 10.2. The van der Waals surface area contributed by atoms with Gasteiger partial charge in [-0.25, -0.2) is 4.79 Å². The van der Waals surface area contributed by atoms with E-state index in [0.717, 1.165) is 15.6 Å². The second-order valence-corrected chi connectivity index (χ2v) is 3.60. The molecule has 1 aromatic carbocycles. The van der Waals surface area contributed by atoms with E-state index in [0.29, 0.717) is 6.54 Å². The van der Waals surface area contributed by atoms with Crippen LogP contribution in [0.3, 0.4) is 0 Å². The van der Waals surface area contributed by atoms with Crippen LogP contribution in [0, 0.1) is 6.92 Å². The largest absolute Gasteiger partial charge is 0.465 e. The number of nitrogens with one attached hydrogen (secondary N) is 1. The van der Waals surface area contributed by atoms with Gasteiger partial charge in [0.1, 0.15) is 0 Å². The zero-order chi connectivity index (χ0) is 9.84. The molecule has 0 saturated heterocycles. The van der Waals surface area contributed by atoms with Crippen LogP contribution in [-0.4, -0.2) is 11.2 Å². The monoisotopic (exact) mass is 243 g/mol. The van der Waals surface area contributed by atoms with Crippen LogP contribution in [-0.2, 0) is 6.54 Å². The standard InChI is InChI=1S/C9H10BrNO2/c1-6-4-7(2-3-8(6)10)5-11-9(12)13/h2-4,11H,5H2,1H3,(H,12,13). The second-order valence-electron chi connectivity index (χ2n) is 2.74. The highest BCUT2D eigenvalue weighted by atomic mass is 79.9. The van der Waals surface area contributed by atoms with Crippen molar-refractivity contribution >= 4 is 22.0 Å². The molecule has 1 aromatic rings. The second kappa shape index (κ2) is 4.28. The number of hydrogen-bond acceptors (Lipinski definition) is 1. The number of amides is 1. The van der Waals surface area contributed by atoms with Gasteiger partial charge in [-0.3, -0.25) is 0 Å². The molecule has 0 bridgehead atoms. The van der Waals surface area contributed by atoms with Crippen LogP contribution in [0.15, 0.2) is 22.7 Å². The molecular weight excluding hydrogens is 234 g/mol. The van der Waals surface area contributed by atoms with Crippen LogP contribution >= 0.6 is 15.9 Å². The molecule has 70 valence electrons. The molecule has 0 heterocycles. The van der Waals surface area contributed by atoms with E-state index >= 15 is 0 Å². The normalized spacial score (nSPS) is 9.69. The van der Waals surface area contributed by atoms with E-state index in [1.54, 1.807) is 0 Å². The Morgan fingerprint density at radius 3 is 2.85 bits per heavy atom. The number of benzene rings is 1. The first kappa shape index (κ1) is 10.1. The first-order valence-corrected chi connectivity index (χ1v) is 4.60. The molecule has 0 aromatic heterocycles.